The van der Waals surface area contributed by atoms with Gasteiger partial charge < -0.3 is 30.1 Å². The number of carboxylic acid groups (broad SMARTS) is 1. The number of para-hydroxylation sites is 2. The van der Waals surface area contributed by atoms with Gasteiger partial charge in [0.1, 0.15) is 29.3 Å². The number of ether oxygens (including phenoxy) is 2. The lowest BCUT2D eigenvalue weighted by atomic mass is 10.0. The van der Waals surface area contributed by atoms with Gasteiger partial charge in [-0.15, -0.1) is 0 Å². The number of alkyl halides is 3. The van der Waals surface area contributed by atoms with Gasteiger partial charge in [0.15, 0.2) is 0 Å². The first kappa shape index (κ1) is 33.9. The topological polar surface area (TPSA) is 160 Å². The average molecular weight is 662 g/mol. The van der Waals surface area contributed by atoms with E-state index in [1.807, 2.05) is 6.08 Å². The van der Waals surface area contributed by atoms with E-state index in [2.05, 4.69) is 20.6 Å². The van der Waals surface area contributed by atoms with Crippen LogP contribution in [0, 0.1) is 5.92 Å². The maximum absolute atomic E-state index is 14.1. The Morgan fingerprint density at radius 1 is 1.09 bits per heavy atom. The fourth-order valence-electron chi connectivity index (χ4n) is 6.01. The summed E-state index contributed by atoms with van der Waals surface area (Å²) in [6, 6.07) is 3.52. The Balaban J connectivity index is 1.48. The summed E-state index contributed by atoms with van der Waals surface area (Å²) in [5, 5.41) is 15.2. The number of nitrogens with one attached hydrogen (secondary N) is 2. The zero-order valence-corrected chi connectivity index (χ0v) is 26.3. The number of hydrogen-bond acceptors (Lipinski definition) is 8. The van der Waals surface area contributed by atoms with E-state index in [1.165, 1.54) is 18.2 Å². The van der Waals surface area contributed by atoms with E-state index < -0.39 is 76.9 Å². The third-order valence-electron chi connectivity index (χ3n) is 8.40. The van der Waals surface area contributed by atoms with Crippen LogP contribution in [0.25, 0.3) is 11.0 Å². The van der Waals surface area contributed by atoms with E-state index >= 15 is 0 Å². The highest BCUT2D eigenvalue weighted by atomic mass is 19.4. The number of halogens is 3. The van der Waals surface area contributed by atoms with Gasteiger partial charge in [-0.25, -0.2) is 19.6 Å². The third-order valence-corrected chi connectivity index (χ3v) is 8.40. The average Bonchev–Trinajstić information content (AvgIpc) is 3.51. The minimum atomic E-state index is -4.92. The van der Waals surface area contributed by atoms with Crippen LogP contribution < -0.4 is 15.4 Å². The van der Waals surface area contributed by atoms with Crippen LogP contribution >= 0.6 is 0 Å². The lowest BCUT2D eigenvalue weighted by Crippen LogP contribution is -2.56. The van der Waals surface area contributed by atoms with Gasteiger partial charge in [0.2, 0.25) is 23.4 Å². The van der Waals surface area contributed by atoms with Crippen molar-refractivity contribution in [2.24, 2.45) is 5.92 Å². The number of carboxylic acids is 1. The van der Waals surface area contributed by atoms with Gasteiger partial charge in [0, 0.05) is 12.3 Å². The summed E-state index contributed by atoms with van der Waals surface area (Å²) in [5.74, 6) is -3.98. The van der Waals surface area contributed by atoms with Crippen LogP contribution in [-0.2, 0) is 25.3 Å². The number of carbonyl (C=O) groups is 4. The smallest absolute Gasteiger partial charge is 0.438 e. The Bertz CT molecular complexity index is 1580. The molecule has 3 heterocycles. The Labute approximate surface area is 269 Å². The lowest BCUT2D eigenvalue weighted by molar-refractivity contribution is -0.146. The summed E-state index contributed by atoms with van der Waals surface area (Å²) in [4.78, 5) is 61.8. The zero-order valence-electron chi connectivity index (χ0n) is 26.3. The highest BCUT2D eigenvalue weighted by Gasteiger charge is 2.61. The van der Waals surface area contributed by atoms with Gasteiger partial charge >= 0.3 is 18.2 Å². The molecule has 1 saturated carbocycles. The molecule has 12 nitrogen and oxygen atoms in total. The van der Waals surface area contributed by atoms with Crippen molar-refractivity contribution >= 4 is 34.9 Å². The Morgan fingerprint density at radius 3 is 2.45 bits per heavy atom. The number of aliphatic carboxylic acids is 1. The van der Waals surface area contributed by atoms with Gasteiger partial charge in [0.05, 0.1) is 17.6 Å². The van der Waals surface area contributed by atoms with Crippen molar-refractivity contribution < 1.29 is 46.9 Å². The van der Waals surface area contributed by atoms with E-state index in [9.17, 15) is 37.5 Å². The predicted octanol–water partition coefficient (Wildman–Crippen LogP) is 4.37. The number of aromatic nitrogens is 2. The van der Waals surface area contributed by atoms with Gasteiger partial charge in [-0.1, -0.05) is 37.1 Å². The molecule has 47 heavy (non-hydrogen) atoms. The standard InChI is InChI=1S/C32H38F3N5O7/c1-30(2,3)47-29(45)38-22-14-8-6-4-5-7-11-18-16-31(18,28(43)44)39-25(41)23-15-19(17-40(23)27(22)42)46-26-24(32(33,34)35)36-20-12-9-10-13-21(20)37-26/h7,9-13,18-19,22-23H,4-6,8,14-17H2,1-3H3,(H,38,45)(H,39,41)(H,43,44)/b11-7-/t18-,19-,22+,23+,31-/m1/s1. The number of benzene rings is 1. The molecule has 1 aliphatic carbocycles. The van der Waals surface area contributed by atoms with Gasteiger partial charge in [-0.2, -0.15) is 13.2 Å². The Kier molecular flexibility index (Phi) is 9.38. The van der Waals surface area contributed by atoms with Crippen LogP contribution in [-0.4, -0.2) is 79.7 Å². The van der Waals surface area contributed by atoms with E-state index in [1.54, 1.807) is 32.9 Å². The van der Waals surface area contributed by atoms with Crippen molar-refractivity contribution in [3.8, 4) is 5.88 Å². The van der Waals surface area contributed by atoms with Crippen molar-refractivity contribution in [1.82, 2.24) is 25.5 Å². The second kappa shape index (κ2) is 13.0. The van der Waals surface area contributed by atoms with E-state index in [0.717, 1.165) is 11.3 Å². The minimum Gasteiger partial charge on any atom is -0.479 e. The molecule has 3 N–H and O–H groups in total. The number of carbonyl (C=O) groups excluding carboxylic acids is 3. The number of alkyl carbamates (subject to hydrolysis) is 1. The van der Waals surface area contributed by atoms with Crippen LogP contribution in [0.2, 0.25) is 0 Å². The van der Waals surface area contributed by atoms with Crippen LogP contribution in [0.5, 0.6) is 5.88 Å². The van der Waals surface area contributed by atoms with E-state index in [4.69, 9.17) is 9.47 Å². The first-order valence-corrected chi connectivity index (χ1v) is 15.6. The van der Waals surface area contributed by atoms with Crippen LogP contribution in [0.1, 0.15) is 71.4 Å². The first-order chi connectivity index (χ1) is 22.1. The molecular formula is C32H38F3N5O7. The Morgan fingerprint density at radius 2 is 1.79 bits per heavy atom. The molecule has 15 heteroatoms. The van der Waals surface area contributed by atoms with Crippen LogP contribution in [0.3, 0.4) is 0 Å². The number of hydrogen-bond donors (Lipinski definition) is 3. The normalized spacial score (nSPS) is 27.8. The summed E-state index contributed by atoms with van der Waals surface area (Å²) in [5.41, 5.74) is -3.66. The minimum absolute atomic E-state index is 0.00359. The molecule has 2 fully saturated rings. The van der Waals surface area contributed by atoms with Crippen LogP contribution in [0.4, 0.5) is 18.0 Å². The summed E-state index contributed by atoms with van der Waals surface area (Å²) < 4.78 is 53.3. The SMILES string of the molecule is CC(C)(C)OC(=O)N[C@H]1CCCCC/C=C\[C@@H]2C[C@@]2(C(=O)O)NC(=O)[C@@H]2C[C@@H](Oc3nc4ccccc4nc3C(F)(F)F)CN2C1=O. The van der Waals surface area contributed by atoms with Gasteiger partial charge in [0.25, 0.3) is 0 Å². The highest BCUT2D eigenvalue weighted by molar-refractivity contribution is 5.96. The molecule has 0 unspecified atom stereocenters. The van der Waals surface area contributed by atoms with Crippen molar-refractivity contribution in [2.75, 3.05) is 6.54 Å². The second-order valence-corrected chi connectivity index (χ2v) is 13.2. The number of amides is 3. The largest absolute Gasteiger partial charge is 0.479 e. The summed E-state index contributed by atoms with van der Waals surface area (Å²) in [6.45, 7) is 4.65. The van der Waals surface area contributed by atoms with E-state index in [0.29, 0.717) is 19.3 Å². The molecular weight excluding hydrogens is 623 g/mol. The van der Waals surface area contributed by atoms with Crippen LogP contribution in [0.15, 0.2) is 36.4 Å². The molecule has 254 valence electrons. The molecule has 3 amide bonds. The van der Waals surface area contributed by atoms with E-state index in [-0.39, 0.29) is 36.8 Å². The summed E-state index contributed by atoms with van der Waals surface area (Å²) in [6.07, 6.45) is -0.544. The molecule has 0 spiro atoms. The molecule has 2 aliphatic heterocycles. The predicted molar refractivity (Wildman–Crippen MR) is 161 cm³/mol. The van der Waals surface area contributed by atoms with Crippen molar-refractivity contribution in [1.29, 1.82) is 0 Å². The monoisotopic (exact) mass is 661 g/mol. The number of rotatable bonds is 4. The second-order valence-electron chi connectivity index (χ2n) is 13.2. The first-order valence-electron chi connectivity index (χ1n) is 15.6. The lowest BCUT2D eigenvalue weighted by Gasteiger charge is -2.30. The molecule has 1 saturated heterocycles. The maximum Gasteiger partial charge on any atom is 0.438 e. The third kappa shape index (κ3) is 7.76. The maximum atomic E-state index is 14.1. The fraction of sp³-hybridized carbons (Fsp3) is 0.562. The number of fused-ring (bicyclic) bond motifs is 3. The molecule has 1 aromatic heterocycles. The van der Waals surface area contributed by atoms with Gasteiger partial charge in [-0.05, 0) is 58.6 Å². The quantitative estimate of drug-likeness (QED) is 0.405. The molecule has 1 aromatic carbocycles. The fourth-order valence-corrected chi connectivity index (χ4v) is 6.01. The molecule has 5 atom stereocenters. The Hall–Kier alpha value is -4.43. The number of allylic oxidation sites excluding steroid dienone is 1. The molecule has 5 rings (SSSR count). The summed E-state index contributed by atoms with van der Waals surface area (Å²) >= 11 is 0. The number of nitrogens with zero attached hydrogens (tertiary/aromatic N) is 3. The molecule has 0 bridgehead atoms. The van der Waals surface area contributed by atoms with Crippen molar-refractivity contribution in [3.63, 3.8) is 0 Å². The molecule has 0 radical (unpaired) electrons. The molecule has 2 aromatic rings. The molecule has 3 aliphatic rings. The van der Waals surface area contributed by atoms with Crippen molar-refractivity contribution in [3.05, 3.63) is 42.1 Å². The zero-order chi connectivity index (χ0) is 34.1. The van der Waals surface area contributed by atoms with Crippen molar-refractivity contribution in [2.45, 2.75) is 101 Å². The highest BCUT2D eigenvalue weighted by Crippen LogP contribution is 2.45. The van der Waals surface area contributed by atoms with Gasteiger partial charge in [-0.3, -0.25) is 9.59 Å². The summed E-state index contributed by atoms with van der Waals surface area (Å²) in [7, 11) is 0.